The predicted molar refractivity (Wildman–Crippen MR) is 156 cm³/mol. The first kappa shape index (κ1) is 34.0. The summed E-state index contributed by atoms with van der Waals surface area (Å²) in [6.07, 6.45) is 7.49. The molecule has 0 aliphatic carbocycles. The molecule has 0 fully saturated rings. The van der Waals surface area contributed by atoms with E-state index in [-0.39, 0.29) is 7.43 Å². The Morgan fingerprint density at radius 1 is 0.676 bits per heavy atom. The molecule has 34 heavy (non-hydrogen) atoms. The SMILES string of the molecule is C.CC.CC.CCCCC.[3H]C(=O)c1cccc(C)c1C.[3H]C(=O)c1cccc(CCCCC)c1C. The minimum Gasteiger partial charge on any atom is -0.298 e. The van der Waals surface area contributed by atoms with Gasteiger partial charge in [0.25, 0.3) is 0 Å². The number of carbonyl (C=O) groups excluding carboxylic acids is 2. The largest absolute Gasteiger partial charge is 0.298 e. The lowest BCUT2D eigenvalue weighted by atomic mass is 9.98. The molecule has 0 aliphatic heterocycles. The topological polar surface area (TPSA) is 34.1 Å². The van der Waals surface area contributed by atoms with Gasteiger partial charge < -0.3 is 0 Å². The van der Waals surface area contributed by atoms with E-state index in [0.29, 0.717) is 11.1 Å². The maximum absolute atomic E-state index is 11.0. The maximum atomic E-state index is 11.0. The molecule has 0 saturated carbocycles. The lowest BCUT2D eigenvalue weighted by Gasteiger charge is -2.06. The van der Waals surface area contributed by atoms with E-state index in [4.69, 9.17) is 2.74 Å². The Morgan fingerprint density at radius 2 is 1.12 bits per heavy atom. The Hall–Kier alpha value is -2.22. The smallest absolute Gasteiger partial charge is 0.150 e. The number of hydrogen-bond donors (Lipinski definition) is 0. The van der Waals surface area contributed by atoms with Crippen molar-refractivity contribution in [3.05, 3.63) is 69.8 Å². The van der Waals surface area contributed by atoms with E-state index in [1.807, 2.05) is 60.6 Å². The average Bonchev–Trinajstić information content (AvgIpc) is 2.85. The van der Waals surface area contributed by atoms with Crippen molar-refractivity contribution in [2.75, 3.05) is 0 Å². The third-order valence-electron chi connectivity index (χ3n) is 5.03. The van der Waals surface area contributed by atoms with E-state index in [1.54, 1.807) is 18.2 Å². The summed E-state index contributed by atoms with van der Waals surface area (Å²) in [6.45, 7) is 20.3. The summed E-state index contributed by atoms with van der Waals surface area (Å²) in [4.78, 5) is 21.7. The maximum Gasteiger partial charge on any atom is 0.150 e. The first-order valence-electron chi connectivity index (χ1n) is 13.9. The van der Waals surface area contributed by atoms with Crippen LogP contribution < -0.4 is 0 Å². The molecule has 2 aromatic rings. The highest BCUT2D eigenvalue weighted by Crippen LogP contribution is 2.15. The van der Waals surface area contributed by atoms with Gasteiger partial charge in [-0.25, -0.2) is 0 Å². The normalized spacial score (nSPS) is 9.35. The first-order chi connectivity index (χ1) is 16.7. The van der Waals surface area contributed by atoms with Crippen molar-refractivity contribution in [2.45, 2.75) is 122 Å². The van der Waals surface area contributed by atoms with Crippen LogP contribution in [0.2, 0.25) is 0 Å². The molecule has 196 valence electrons. The summed E-state index contributed by atoms with van der Waals surface area (Å²) in [5.74, 6) is 0. The zero-order chi connectivity index (χ0) is 27.8. The molecule has 0 radical (unpaired) electrons. The molecular weight excluding hydrogens is 416 g/mol. The van der Waals surface area contributed by atoms with E-state index in [0.717, 1.165) is 29.5 Å². The van der Waals surface area contributed by atoms with Gasteiger partial charge in [0, 0.05) is 11.1 Å². The highest BCUT2D eigenvalue weighted by molar-refractivity contribution is 5.78. The highest BCUT2D eigenvalue weighted by Gasteiger charge is 2.02. The summed E-state index contributed by atoms with van der Waals surface area (Å²) in [7, 11) is 0. The minimum atomic E-state index is -0.605. The van der Waals surface area contributed by atoms with Crippen molar-refractivity contribution in [1.29, 1.82) is 0 Å². The van der Waals surface area contributed by atoms with E-state index in [1.165, 1.54) is 37.7 Å². The Balaban J connectivity index is -0.000000215. The van der Waals surface area contributed by atoms with Crippen LogP contribution >= 0.6 is 0 Å². The highest BCUT2D eigenvalue weighted by atomic mass is 16.1. The first-order valence-corrected chi connectivity index (χ1v) is 12.9. The van der Waals surface area contributed by atoms with Crippen molar-refractivity contribution in [1.82, 2.24) is 0 Å². The van der Waals surface area contributed by atoms with Gasteiger partial charge in [-0.15, -0.1) is 0 Å². The van der Waals surface area contributed by atoms with Gasteiger partial charge in [0.05, 0.1) is 0 Å². The zero-order valence-electron chi connectivity index (χ0n) is 25.2. The van der Waals surface area contributed by atoms with Crippen molar-refractivity contribution in [2.24, 2.45) is 0 Å². The van der Waals surface area contributed by atoms with E-state index in [9.17, 15) is 9.59 Å². The minimum absolute atomic E-state index is 0. The fourth-order valence-corrected chi connectivity index (χ4v) is 2.85. The summed E-state index contributed by atoms with van der Waals surface area (Å²) in [6, 6.07) is 11.1. The van der Waals surface area contributed by atoms with Crippen LogP contribution in [0.15, 0.2) is 36.4 Å². The van der Waals surface area contributed by atoms with Crippen molar-refractivity contribution >= 4 is 12.5 Å². The van der Waals surface area contributed by atoms with Gasteiger partial charge >= 0.3 is 0 Å². The Labute approximate surface area is 216 Å². The summed E-state index contributed by atoms with van der Waals surface area (Å²) >= 11 is 0. The molecule has 2 rings (SSSR count). The molecule has 0 aromatic heterocycles. The summed E-state index contributed by atoms with van der Waals surface area (Å²) < 4.78 is 14.0. The molecule has 0 amide bonds. The standard InChI is InChI=1S/C13H18O.C9H10O.C5H12.2C2H6.CH4/c1-3-4-5-7-12-8-6-9-13(10-14)11(12)2;1-7-4-3-5-9(6-10)8(7)2;1-3-5-4-2;2*1-2;/h6,8-10H,3-5,7H2,1-2H3;3-6H,1-2H3;3-5H2,1-2H3;2*1-2H3;1H4/i10T;6T;;;;. The number of aldehydes is 2. The lowest BCUT2D eigenvalue weighted by Crippen LogP contribution is -1.94. The van der Waals surface area contributed by atoms with Gasteiger partial charge in [-0.05, 0) is 55.9 Å². The van der Waals surface area contributed by atoms with Crippen LogP contribution in [-0.2, 0) is 6.42 Å². The second-order valence-electron chi connectivity index (χ2n) is 7.35. The molecule has 0 spiro atoms. The number of rotatable bonds is 8. The Kier molecular flexibility index (Phi) is 28.8. The quantitative estimate of drug-likeness (QED) is 0.280. The predicted octanol–water partition coefficient (Wildman–Crippen LogP) is 10.5. The molecule has 0 N–H and O–H groups in total. The molecule has 0 atom stereocenters. The van der Waals surface area contributed by atoms with Gasteiger partial charge in [-0.3, -0.25) is 9.59 Å². The van der Waals surface area contributed by atoms with Crippen LogP contribution in [0.4, 0.5) is 0 Å². The lowest BCUT2D eigenvalue weighted by molar-refractivity contribution is 0.111. The number of benzene rings is 2. The van der Waals surface area contributed by atoms with E-state index in [2.05, 4.69) is 26.8 Å². The van der Waals surface area contributed by atoms with Gasteiger partial charge in [0.2, 0.25) is 0 Å². The molecule has 0 bridgehead atoms. The van der Waals surface area contributed by atoms with Crippen molar-refractivity contribution < 1.29 is 12.3 Å². The third-order valence-corrected chi connectivity index (χ3v) is 5.03. The second-order valence-corrected chi connectivity index (χ2v) is 7.35. The van der Waals surface area contributed by atoms with E-state index >= 15 is 0 Å². The number of carbonyl (C=O) groups is 2. The van der Waals surface area contributed by atoms with Crippen LogP contribution in [0.3, 0.4) is 0 Å². The molecule has 0 saturated heterocycles. The summed E-state index contributed by atoms with van der Waals surface area (Å²) in [5.41, 5.74) is 5.21. The van der Waals surface area contributed by atoms with E-state index < -0.39 is 12.5 Å². The van der Waals surface area contributed by atoms with Gasteiger partial charge in [-0.2, -0.15) is 0 Å². The molecular formula is C32H56O2. The number of hydrogen-bond acceptors (Lipinski definition) is 2. The van der Waals surface area contributed by atoms with Gasteiger partial charge in [-0.1, -0.05) is 124 Å². The van der Waals surface area contributed by atoms with Gasteiger partial charge in [0.15, 0.2) is 0 Å². The molecule has 2 nitrogen and oxygen atoms in total. The van der Waals surface area contributed by atoms with Crippen LogP contribution in [0.5, 0.6) is 0 Å². The number of aryl methyl sites for hydroxylation is 2. The second kappa shape index (κ2) is 28.8. The fraction of sp³-hybridized carbons (Fsp3) is 0.562. The molecule has 2 heteroatoms. The van der Waals surface area contributed by atoms with Crippen molar-refractivity contribution in [3.63, 3.8) is 0 Å². The molecule has 0 aliphatic rings. The Bertz CT molecular complexity index is 812. The average molecular weight is 477 g/mol. The third kappa shape index (κ3) is 18.2. The fourth-order valence-electron chi connectivity index (χ4n) is 2.85. The number of unbranched alkanes of at least 4 members (excludes halogenated alkanes) is 4. The molecule has 0 heterocycles. The molecule has 2 aromatic carbocycles. The zero-order valence-corrected chi connectivity index (χ0v) is 23.2. The van der Waals surface area contributed by atoms with Gasteiger partial charge in [0.1, 0.15) is 15.3 Å². The summed E-state index contributed by atoms with van der Waals surface area (Å²) in [5, 5.41) is 0. The monoisotopic (exact) mass is 476 g/mol. The van der Waals surface area contributed by atoms with Crippen molar-refractivity contribution in [3.8, 4) is 0 Å². The van der Waals surface area contributed by atoms with Crippen LogP contribution in [0.1, 0.15) is 140 Å². The molecule has 0 unspecified atom stereocenters. The Morgan fingerprint density at radius 3 is 1.50 bits per heavy atom. The van der Waals surface area contributed by atoms with Crippen LogP contribution in [0, 0.1) is 20.8 Å². The van der Waals surface area contributed by atoms with Crippen LogP contribution in [-0.4, -0.2) is 12.5 Å². The van der Waals surface area contributed by atoms with Crippen LogP contribution in [0.25, 0.3) is 0 Å².